The van der Waals surface area contributed by atoms with Crippen molar-refractivity contribution in [3.05, 3.63) is 20.8 Å². The van der Waals surface area contributed by atoms with Crippen LogP contribution in [-0.2, 0) is 11.2 Å². The lowest BCUT2D eigenvalue weighted by Crippen LogP contribution is -2.57. The maximum absolute atomic E-state index is 12.2. The average molecular weight is 382 g/mol. The predicted molar refractivity (Wildman–Crippen MR) is 90.8 cm³/mol. The molecule has 0 radical (unpaired) electrons. The molecule has 2 heterocycles. The Morgan fingerprint density at radius 1 is 1.50 bits per heavy atom. The summed E-state index contributed by atoms with van der Waals surface area (Å²) in [6, 6.07) is 4.90. The zero-order valence-corrected chi connectivity index (χ0v) is 15.1. The minimum Gasteiger partial charge on any atom is -0.337 e. The summed E-state index contributed by atoms with van der Waals surface area (Å²) in [6.45, 7) is 6.03. The van der Waals surface area contributed by atoms with Crippen LogP contribution in [0.4, 0.5) is 0 Å². The molecule has 0 aliphatic carbocycles. The van der Waals surface area contributed by atoms with E-state index in [2.05, 4.69) is 47.2 Å². The Balaban J connectivity index is 0.00000200. The normalized spacial score (nSPS) is 22.4. The summed E-state index contributed by atoms with van der Waals surface area (Å²) in [6.07, 6.45) is 2.60. The van der Waals surface area contributed by atoms with Gasteiger partial charge in [0, 0.05) is 36.5 Å². The maximum atomic E-state index is 12.2. The Morgan fingerprint density at radius 3 is 2.90 bits per heavy atom. The first-order valence-electron chi connectivity index (χ1n) is 6.85. The number of halogens is 2. The molecule has 20 heavy (non-hydrogen) atoms. The minimum atomic E-state index is 0. The van der Waals surface area contributed by atoms with Crippen LogP contribution in [0.2, 0.25) is 0 Å². The molecule has 1 aromatic rings. The van der Waals surface area contributed by atoms with Crippen LogP contribution in [0.3, 0.4) is 0 Å². The SMILES string of the molecule is CC1NCCN(C(=O)CCCc2ccc(Br)s2)C1C.Cl. The number of piperazine rings is 1. The zero-order valence-electron chi connectivity index (χ0n) is 11.9. The van der Waals surface area contributed by atoms with E-state index in [0.717, 1.165) is 25.9 Å². The van der Waals surface area contributed by atoms with E-state index in [4.69, 9.17) is 0 Å². The third-order valence-corrected chi connectivity index (χ3v) is 5.48. The van der Waals surface area contributed by atoms with E-state index in [9.17, 15) is 4.79 Å². The van der Waals surface area contributed by atoms with Gasteiger partial charge in [0.15, 0.2) is 0 Å². The van der Waals surface area contributed by atoms with E-state index in [-0.39, 0.29) is 12.4 Å². The first-order valence-corrected chi connectivity index (χ1v) is 8.46. The molecule has 0 aromatic carbocycles. The highest BCUT2D eigenvalue weighted by atomic mass is 79.9. The van der Waals surface area contributed by atoms with Gasteiger partial charge in [-0.25, -0.2) is 0 Å². The second kappa shape index (κ2) is 8.37. The van der Waals surface area contributed by atoms with Crippen LogP contribution in [0.25, 0.3) is 0 Å². The largest absolute Gasteiger partial charge is 0.337 e. The highest BCUT2D eigenvalue weighted by Gasteiger charge is 2.27. The van der Waals surface area contributed by atoms with Crippen molar-refractivity contribution in [3.63, 3.8) is 0 Å². The lowest BCUT2D eigenvalue weighted by Gasteiger charge is -2.38. The second-order valence-corrected chi connectivity index (χ2v) is 7.68. The first kappa shape index (κ1) is 18.0. The van der Waals surface area contributed by atoms with Gasteiger partial charge in [-0.15, -0.1) is 23.7 Å². The molecule has 2 unspecified atom stereocenters. The van der Waals surface area contributed by atoms with Crippen LogP contribution in [0, 0.1) is 0 Å². The van der Waals surface area contributed by atoms with Crippen LogP contribution >= 0.6 is 39.7 Å². The number of hydrogen-bond acceptors (Lipinski definition) is 3. The van der Waals surface area contributed by atoms with Crippen molar-refractivity contribution < 1.29 is 4.79 Å². The Bertz CT molecular complexity index is 441. The van der Waals surface area contributed by atoms with Gasteiger partial charge in [0.2, 0.25) is 5.91 Å². The van der Waals surface area contributed by atoms with Crippen LogP contribution in [0.15, 0.2) is 15.9 Å². The minimum absolute atomic E-state index is 0. The standard InChI is InChI=1S/C14H21BrN2OS.ClH/c1-10-11(2)17(9-8-16-10)14(18)5-3-4-12-6-7-13(15)19-12;/h6-7,10-11,16H,3-5,8-9H2,1-2H3;1H. The van der Waals surface area contributed by atoms with Crippen molar-refractivity contribution >= 4 is 45.6 Å². The van der Waals surface area contributed by atoms with Crippen molar-refractivity contribution in [3.8, 4) is 0 Å². The third-order valence-electron chi connectivity index (χ3n) is 3.80. The highest BCUT2D eigenvalue weighted by molar-refractivity contribution is 9.11. The number of aryl methyl sites for hydroxylation is 1. The molecule has 1 fully saturated rings. The molecule has 1 saturated heterocycles. The Hall–Kier alpha value is -0.100. The summed E-state index contributed by atoms with van der Waals surface area (Å²) in [4.78, 5) is 15.6. The summed E-state index contributed by atoms with van der Waals surface area (Å²) in [5, 5.41) is 3.40. The fourth-order valence-electron chi connectivity index (χ4n) is 2.45. The van der Waals surface area contributed by atoms with Crippen LogP contribution < -0.4 is 5.32 Å². The third kappa shape index (κ3) is 4.72. The highest BCUT2D eigenvalue weighted by Crippen LogP contribution is 2.23. The number of carbonyl (C=O) groups is 1. The van der Waals surface area contributed by atoms with E-state index in [1.54, 1.807) is 11.3 Å². The van der Waals surface area contributed by atoms with Gasteiger partial charge in [0.25, 0.3) is 0 Å². The van der Waals surface area contributed by atoms with Crippen LogP contribution in [-0.4, -0.2) is 36.0 Å². The van der Waals surface area contributed by atoms with E-state index >= 15 is 0 Å². The van der Waals surface area contributed by atoms with Crippen LogP contribution in [0.5, 0.6) is 0 Å². The fourth-order valence-corrected chi connectivity index (χ4v) is 3.98. The molecular formula is C14H22BrClN2OS. The lowest BCUT2D eigenvalue weighted by molar-refractivity contribution is -0.134. The lowest BCUT2D eigenvalue weighted by atomic mass is 10.1. The zero-order chi connectivity index (χ0) is 13.8. The Kier molecular flexibility index (Phi) is 7.51. The summed E-state index contributed by atoms with van der Waals surface area (Å²) < 4.78 is 1.17. The number of nitrogens with zero attached hydrogens (tertiary/aromatic N) is 1. The van der Waals surface area contributed by atoms with Gasteiger partial charge < -0.3 is 10.2 Å². The van der Waals surface area contributed by atoms with Gasteiger partial charge >= 0.3 is 0 Å². The number of thiophene rings is 1. The first-order chi connectivity index (χ1) is 9.08. The number of nitrogens with one attached hydrogen (secondary N) is 1. The summed E-state index contributed by atoms with van der Waals surface area (Å²) in [5.41, 5.74) is 0. The van der Waals surface area contributed by atoms with Gasteiger partial charge in [-0.1, -0.05) is 0 Å². The van der Waals surface area contributed by atoms with E-state index in [1.165, 1.54) is 8.66 Å². The molecule has 1 aromatic heterocycles. The van der Waals surface area contributed by atoms with E-state index < -0.39 is 0 Å². The monoisotopic (exact) mass is 380 g/mol. The van der Waals surface area contributed by atoms with Crippen molar-refractivity contribution in [1.82, 2.24) is 10.2 Å². The molecule has 1 N–H and O–H groups in total. The molecule has 3 nitrogen and oxygen atoms in total. The van der Waals surface area contributed by atoms with Crippen LogP contribution in [0.1, 0.15) is 31.6 Å². The summed E-state index contributed by atoms with van der Waals surface area (Å²) in [5.74, 6) is 0.302. The van der Waals surface area contributed by atoms with Gasteiger partial charge in [0.05, 0.1) is 3.79 Å². The maximum Gasteiger partial charge on any atom is 0.222 e. The number of carbonyl (C=O) groups excluding carboxylic acids is 1. The Labute approximate surface area is 139 Å². The summed E-state index contributed by atoms with van der Waals surface area (Å²) >= 11 is 5.22. The Morgan fingerprint density at radius 2 is 2.25 bits per heavy atom. The van der Waals surface area contributed by atoms with Crippen molar-refractivity contribution in [1.29, 1.82) is 0 Å². The molecular weight excluding hydrogens is 360 g/mol. The van der Waals surface area contributed by atoms with Crippen molar-refractivity contribution in [2.24, 2.45) is 0 Å². The topological polar surface area (TPSA) is 32.3 Å². The smallest absolute Gasteiger partial charge is 0.222 e. The molecule has 1 aliphatic heterocycles. The van der Waals surface area contributed by atoms with E-state index in [0.29, 0.717) is 24.4 Å². The molecule has 0 saturated carbocycles. The quantitative estimate of drug-likeness (QED) is 0.866. The molecule has 1 amide bonds. The number of hydrogen-bond donors (Lipinski definition) is 1. The van der Waals surface area contributed by atoms with Gasteiger partial charge in [-0.05, 0) is 54.8 Å². The molecule has 1 aliphatic rings. The predicted octanol–water partition coefficient (Wildman–Crippen LogP) is 3.46. The average Bonchev–Trinajstić information content (AvgIpc) is 2.78. The molecule has 2 atom stereocenters. The molecule has 0 spiro atoms. The van der Waals surface area contributed by atoms with Gasteiger partial charge in [-0.3, -0.25) is 4.79 Å². The number of rotatable bonds is 4. The van der Waals surface area contributed by atoms with Gasteiger partial charge in [-0.2, -0.15) is 0 Å². The van der Waals surface area contributed by atoms with Crippen molar-refractivity contribution in [2.45, 2.75) is 45.2 Å². The molecule has 2 rings (SSSR count). The molecule has 0 bridgehead atoms. The number of amides is 1. The summed E-state index contributed by atoms with van der Waals surface area (Å²) in [7, 11) is 0. The second-order valence-electron chi connectivity index (χ2n) is 5.13. The van der Waals surface area contributed by atoms with E-state index in [1.807, 2.05) is 4.90 Å². The molecule has 6 heteroatoms. The van der Waals surface area contributed by atoms with Crippen molar-refractivity contribution in [2.75, 3.05) is 13.1 Å². The fraction of sp³-hybridized carbons (Fsp3) is 0.643. The van der Waals surface area contributed by atoms with Gasteiger partial charge in [0.1, 0.15) is 0 Å². The molecule has 114 valence electrons.